The van der Waals surface area contributed by atoms with Gasteiger partial charge in [-0.25, -0.2) is 5.43 Å². The normalized spacial score (nSPS) is 10.9. The number of carbonyl (C=O) groups excluding carboxylic acids is 1. The number of methoxy groups -OCH3 is 1. The van der Waals surface area contributed by atoms with Crippen LogP contribution in [0.4, 0.5) is 11.4 Å². The highest BCUT2D eigenvalue weighted by atomic mass is 16.6. The van der Waals surface area contributed by atoms with E-state index >= 15 is 0 Å². The van der Waals surface area contributed by atoms with Crippen molar-refractivity contribution in [3.05, 3.63) is 104 Å². The number of nitro benzene ring substituents is 2. The van der Waals surface area contributed by atoms with E-state index in [1.807, 2.05) is 0 Å². The predicted octanol–water partition coefficient (Wildman–Crippen LogP) is 4.60. The summed E-state index contributed by atoms with van der Waals surface area (Å²) in [5, 5.41) is 26.0. The molecule has 0 unspecified atom stereocenters. The van der Waals surface area contributed by atoms with Gasteiger partial charge in [-0.05, 0) is 53.6 Å². The van der Waals surface area contributed by atoms with E-state index in [0.717, 1.165) is 5.56 Å². The first-order valence-corrected chi connectivity index (χ1v) is 10.4. The molecule has 0 atom stereocenters. The fourth-order valence-corrected chi connectivity index (χ4v) is 3.24. The molecule has 0 aliphatic heterocycles. The lowest BCUT2D eigenvalue weighted by molar-refractivity contribution is -0.385. The van der Waals surface area contributed by atoms with Crippen LogP contribution in [0.2, 0.25) is 0 Å². The number of benzene rings is 3. The highest BCUT2D eigenvalue weighted by Crippen LogP contribution is 2.29. The van der Waals surface area contributed by atoms with Gasteiger partial charge in [0.1, 0.15) is 12.2 Å². The van der Waals surface area contributed by atoms with E-state index in [0.29, 0.717) is 28.0 Å². The molecule has 0 radical (unpaired) electrons. The molecule has 1 heterocycles. The smallest absolute Gasteiger partial charge is 0.307 e. The first-order chi connectivity index (χ1) is 17.3. The SMILES string of the molecule is COc1cc(/C=N/NC(=O)c2cc3cc([N+](=O)[O-])ccc3o2)ccc1OCc1ccc([N+](=O)[O-])cc1. The standard InChI is InChI=1S/C24H18N4O8/c1-34-22-10-16(4-8-21(22)35-14-15-2-5-18(6-3-15)27(30)31)13-25-26-24(29)23-12-17-11-19(28(32)33)7-9-20(17)36-23/h2-13H,14H2,1H3,(H,26,29)/b25-13+. The molecule has 3 aromatic carbocycles. The maximum Gasteiger partial charge on any atom is 0.307 e. The monoisotopic (exact) mass is 490 g/mol. The summed E-state index contributed by atoms with van der Waals surface area (Å²) >= 11 is 0. The maximum atomic E-state index is 12.3. The Bertz CT molecular complexity index is 1480. The van der Waals surface area contributed by atoms with Gasteiger partial charge in [0.25, 0.3) is 11.4 Å². The van der Waals surface area contributed by atoms with Gasteiger partial charge < -0.3 is 13.9 Å². The molecule has 36 heavy (non-hydrogen) atoms. The summed E-state index contributed by atoms with van der Waals surface area (Å²) in [6, 6.07) is 16.5. The van der Waals surface area contributed by atoms with Crippen molar-refractivity contribution in [2.45, 2.75) is 6.61 Å². The number of hydrogen-bond acceptors (Lipinski definition) is 9. The molecule has 4 rings (SSSR count). The van der Waals surface area contributed by atoms with Gasteiger partial charge in [0.05, 0.1) is 23.2 Å². The van der Waals surface area contributed by atoms with E-state index in [9.17, 15) is 25.0 Å². The fraction of sp³-hybridized carbons (Fsp3) is 0.0833. The van der Waals surface area contributed by atoms with Crippen molar-refractivity contribution >= 4 is 34.5 Å². The number of rotatable bonds is 9. The molecule has 0 aliphatic rings. The van der Waals surface area contributed by atoms with Crippen LogP contribution in [0, 0.1) is 20.2 Å². The summed E-state index contributed by atoms with van der Waals surface area (Å²) in [4.78, 5) is 33.0. The number of ether oxygens (including phenoxy) is 2. The highest BCUT2D eigenvalue weighted by molar-refractivity contribution is 5.97. The van der Waals surface area contributed by atoms with Crippen molar-refractivity contribution in [2.75, 3.05) is 7.11 Å². The largest absolute Gasteiger partial charge is 0.493 e. The minimum atomic E-state index is -0.625. The summed E-state index contributed by atoms with van der Waals surface area (Å²) in [7, 11) is 1.47. The Hall–Kier alpha value is -5.26. The molecular weight excluding hydrogens is 472 g/mol. The summed E-state index contributed by atoms with van der Waals surface area (Å²) < 4.78 is 16.5. The van der Waals surface area contributed by atoms with Crippen molar-refractivity contribution in [1.82, 2.24) is 5.43 Å². The van der Waals surface area contributed by atoms with E-state index in [-0.39, 0.29) is 23.7 Å². The van der Waals surface area contributed by atoms with Gasteiger partial charge in [-0.2, -0.15) is 5.10 Å². The zero-order valence-corrected chi connectivity index (χ0v) is 18.7. The van der Waals surface area contributed by atoms with Crippen LogP contribution >= 0.6 is 0 Å². The zero-order chi connectivity index (χ0) is 25.7. The Morgan fingerprint density at radius 3 is 2.39 bits per heavy atom. The molecular formula is C24H18N4O8. The maximum absolute atomic E-state index is 12.3. The molecule has 182 valence electrons. The number of fused-ring (bicyclic) bond motifs is 1. The number of furan rings is 1. The van der Waals surface area contributed by atoms with Crippen LogP contribution in [0.3, 0.4) is 0 Å². The highest BCUT2D eigenvalue weighted by Gasteiger charge is 2.15. The van der Waals surface area contributed by atoms with Crippen LogP contribution in [0.1, 0.15) is 21.7 Å². The van der Waals surface area contributed by atoms with Gasteiger partial charge in [-0.15, -0.1) is 0 Å². The van der Waals surface area contributed by atoms with E-state index in [1.54, 1.807) is 30.3 Å². The van der Waals surface area contributed by atoms with Crippen LogP contribution in [0.5, 0.6) is 11.5 Å². The van der Waals surface area contributed by atoms with Gasteiger partial charge in [0.15, 0.2) is 17.3 Å². The third-order valence-corrected chi connectivity index (χ3v) is 5.04. The number of nitro groups is 2. The first kappa shape index (κ1) is 23.9. The second-order valence-electron chi connectivity index (χ2n) is 7.41. The Morgan fingerprint density at radius 2 is 1.69 bits per heavy atom. The van der Waals surface area contributed by atoms with Gasteiger partial charge in [0, 0.05) is 29.7 Å². The van der Waals surface area contributed by atoms with Crippen LogP contribution in [0.25, 0.3) is 11.0 Å². The summed E-state index contributed by atoms with van der Waals surface area (Å²) in [6.45, 7) is 0.179. The summed E-state index contributed by atoms with van der Waals surface area (Å²) in [5.74, 6) is 0.204. The number of nitrogens with one attached hydrogen (secondary N) is 1. The average molecular weight is 490 g/mol. The summed E-state index contributed by atoms with van der Waals surface area (Å²) in [6.07, 6.45) is 1.40. The number of non-ortho nitro benzene ring substituents is 2. The number of nitrogens with zero attached hydrogens (tertiary/aromatic N) is 3. The molecule has 1 aromatic heterocycles. The topological polar surface area (TPSA) is 159 Å². The van der Waals surface area contributed by atoms with Crippen LogP contribution in [-0.4, -0.2) is 29.1 Å². The molecule has 0 bridgehead atoms. The van der Waals surface area contributed by atoms with E-state index in [2.05, 4.69) is 10.5 Å². The Labute approximate surface area is 203 Å². The fourth-order valence-electron chi connectivity index (χ4n) is 3.24. The van der Waals surface area contributed by atoms with Gasteiger partial charge in [-0.3, -0.25) is 25.0 Å². The second kappa shape index (κ2) is 10.3. The quantitative estimate of drug-likeness (QED) is 0.202. The number of carbonyl (C=O) groups is 1. The molecule has 0 saturated heterocycles. The Kier molecular flexibility index (Phi) is 6.86. The van der Waals surface area contributed by atoms with E-state index in [4.69, 9.17) is 13.9 Å². The van der Waals surface area contributed by atoms with Crippen LogP contribution in [-0.2, 0) is 6.61 Å². The van der Waals surface area contributed by atoms with Crippen LogP contribution in [0.15, 0.2) is 76.2 Å². The molecule has 1 amide bonds. The average Bonchev–Trinajstić information content (AvgIpc) is 3.31. The van der Waals surface area contributed by atoms with Crippen molar-refractivity contribution in [1.29, 1.82) is 0 Å². The lowest BCUT2D eigenvalue weighted by Gasteiger charge is -2.11. The third kappa shape index (κ3) is 5.44. The van der Waals surface area contributed by atoms with Crippen molar-refractivity contribution < 1.29 is 28.5 Å². The summed E-state index contributed by atoms with van der Waals surface area (Å²) in [5.41, 5.74) is 3.92. The lowest BCUT2D eigenvalue weighted by atomic mass is 10.2. The van der Waals surface area contributed by atoms with Gasteiger partial charge in [-0.1, -0.05) is 0 Å². The molecule has 12 heteroatoms. The van der Waals surface area contributed by atoms with Gasteiger partial charge >= 0.3 is 5.91 Å². The third-order valence-electron chi connectivity index (χ3n) is 5.04. The molecule has 1 N–H and O–H groups in total. The van der Waals surface area contributed by atoms with E-state index in [1.165, 1.54) is 49.7 Å². The minimum absolute atomic E-state index is 0.00337. The minimum Gasteiger partial charge on any atom is -0.493 e. The van der Waals surface area contributed by atoms with Crippen molar-refractivity contribution in [2.24, 2.45) is 5.10 Å². The van der Waals surface area contributed by atoms with Gasteiger partial charge in [0.2, 0.25) is 0 Å². The second-order valence-corrected chi connectivity index (χ2v) is 7.41. The Morgan fingerprint density at radius 1 is 0.972 bits per heavy atom. The van der Waals surface area contributed by atoms with Crippen molar-refractivity contribution in [3.63, 3.8) is 0 Å². The molecule has 0 saturated carbocycles. The first-order valence-electron chi connectivity index (χ1n) is 10.4. The molecule has 0 aliphatic carbocycles. The lowest BCUT2D eigenvalue weighted by Crippen LogP contribution is -2.16. The molecule has 12 nitrogen and oxygen atoms in total. The molecule has 0 spiro atoms. The molecule has 0 fully saturated rings. The Balaban J connectivity index is 1.38. The number of hydrazone groups is 1. The van der Waals surface area contributed by atoms with Crippen LogP contribution < -0.4 is 14.9 Å². The zero-order valence-electron chi connectivity index (χ0n) is 18.7. The molecule has 4 aromatic rings. The number of hydrogen-bond donors (Lipinski definition) is 1. The van der Waals surface area contributed by atoms with E-state index < -0.39 is 15.8 Å². The predicted molar refractivity (Wildman–Crippen MR) is 128 cm³/mol. The number of amides is 1. The van der Waals surface area contributed by atoms with Crippen molar-refractivity contribution in [3.8, 4) is 11.5 Å².